The number of nitrogens with one attached hydrogen (secondary N) is 1. The van der Waals surface area contributed by atoms with Crippen molar-refractivity contribution in [3.05, 3.63) is 99.6 Å². The van der Waals surface area contributed by atoms with Gasteiger partial charge in [-0.1, -0.05) is 66.9 Å². The first-order valence-corrected chi connectivity index (χ1v) is 15.0. The zero-order valence-corrected chi connectivity index (χ0v) is 24.1. The standard InChI is InChI=1S/C29H31ClN4O6S/c1-21(29(36)31-23-11-6-7-12-23)32(19-22-10-5-8-17-27(22)30)28(35)20-33(24-13-9-14-25(18-24)34(37)38)41(39,40)26-15-3-2-4-16-26/h2-5,8-10,13-18,21,23H,6-7,11-12,19-20H2,1H3,(H,31,36). The predicted molar refractivity (Wildman–Crippen MR) is 156 cm³/mol. The fourth-order valence-electron chi connectivity index (χ4n) is 4.79. The quantitative estimate of drug-likeness (QED) is 0.246. The first-order valence-electron chi connectivity index (χ1n) is 13.2. The molecule has 1 aliphatic carbocycles. The van der Waals surface area contributed by atoms with E-state index in [1.807, 2.05) is 0 Å². The van der Waals surface area contributed by atoms with Crippen LogP contribution in [0.5, 0.6) is 0 Å². The van der Waals surface area contributed by atoms with Gasteiger partial charge < -0.3 is 10.2 Å². The second-order valence-corrected chi connectivity index (χ2v) is 12.2. The lowest BCUT2D eigenvalue weighted by molar-refractivity contribution is -0.384. The number of nitrogens with zero attached hydrogens (tertiary/aromatic N) is 3. The van der Waals surface area contributed by atoms with Crippen LogP contribution in [0.15, 0.2) is 83.8 Å². The summed E-state index contributed by atoms with van der Waals surface area (Å²) in [6.45, 7) is 0.832. The summed E-state index contributed by atoms with van der Waals surface area (Å²) in [6.07, 6.45) is 3.73. The fourth-order valence-corrected chi connectivity index (χ4v) is 6.42. The Kier molecular flexibility index (Phi) is 9.61. The summed E-state index contributed by atoms with van der Waals surface area (Å²) in [4.78, 5) is 39.3. The molecule has 3 aromatic carbocycles. The smallest absolute Gasteiger partial charge is 0.271 e. The molecule has 10 nitrogen and oxygen atoms in total. The molecular weight excluding hydrogens is 568 g/mol. The van der Waals surface area contributed by atoms with Crippen LogP contribution in [0, 0.1) is 10.1 Å². The molecule has 0 heterocycles. The number of carbonyl (C=O) groups is 2. The van der Waals surface area contributed by atoms with Crippen molar-refractivity contribution in [1.82, 2.24) is 10.2 Å². The summed E-state index contributed by atoms with van der Waals surface area (Å²) in [7, 11) is -4.33. The van der Waals surface area contributed by atoms with Crippen molar-refractivity contribution in [1.29, 1.82) is 0 Å². The van der Waals surface area contributed by atoms with Crippen LogP contribution in [-0.4, -0.2) is 48.7 Å². The van der Waals surface area contributed by atoms with Gasteiger partial charge in [0, 0.05) is 29.7 Å². The number of rotatable bonds is 11. The van der Waals surface area contributed by atoms with E-state index in [-0.39, 0.29) is 34.8 Å². The van der Waals surface area contributed by atoms with Gasteiger partial charge in [0.2, 0.25) is 11.8 Å². The average Bonchev–Trinajstić information content (AvgIpc) is 3.48. The SMILES string of the molecule is CC(C(=O)NC1CCCC1)N(Cc1ccccc1Cl)C(=O)CN(c1cccc([N+](=O)[O-])c1)S(=O)(=O)c1ccccc1. The summed E-state index contributed by atoms with van der Waals surface area (Å²) in [5.74, 6) is -1.03. The molecule has 1 N–H and O–H groups in total. The molecule has 0 radical (unpaired) electrons. The second kappa shape index (κ2) is 13.1. The summed E-state index contributed by atoms with van der Waals surface area (Å²) < 4.78 is 28.4. The number of sulfonamides is 1. The van der Waals surface area contributed by atoms with Crippen molar-refractivity contribution >= 4 is 44.8 Å². The molecule has 0 spiro atoms. The molecule has 1 aliphatic rings. The Balaban J connectivity index is 1.72. The van der Waals surface area contributed by atoms with E-state index >= 15 is 0 Å². The minimum Gasteiger partial charge on any atom is -0.352 e. The van der Waals surface area contributed by atoms with Gasteiger partial charge in [-0.3, -0.25) is 24.0 Å². The van der Waals surface area contributed by atoms with Gasteiger partial charge in [0.05, 0.1) is 15.5 Å². The first kappa shape index (κ1) is 30.0. The molecule has 0 aromatic heterocycles. The van der Waals surface area contributed by atoms with Crippen LogP contribution in [0.4, 0.5) is 11.4 Å². The molecule has 4 rings (SSSR count). The van der Waals surface area contributed by atoms with E-state index < -0.39 is 33.4 Å². The van der Waals surface area contributed by atoms with Gasteiger partial charge in [0.15, 0.2) is 0 Å². The second-order valence-electron chi connectivity index (χ2n) is 9.88. The van der Waals surface area contributed by atoms with Crippen LogP contribution < -0.4 is 9.62 Å². The number of hydrogen-bond acceptors (Lipinski definition) is 6. The van der Waals surface area contributed by atoms with E-state index in [4.69, 9.17) is 11.6 Å². The maximum absolute atomic E-state index is 14.0. The summed E-state index contributed by atoms with van der Waals surface area (Å²) >= 11 is 6.39. The Bertz CT molecular complexity index is 1510. The van der Waals surface area contributed by atoms with Crippen LogP contribution in [-0.2, 0) is 26.2 Å². The lowest BCUT2D eigenvalue weighted by atomic mass is 10.1. The van der Waals surface area contributed by atoms with Crippen molar-refractivity contribution in [2.24, 2.45) is 0 Å². The summed E-state index contributed by atoms with van der Waals surface area (Å²) in [5.41, 5.74) is 0.188. The lowest BCUT2D eigenvalue weighted by Gasteiger charge is -2.32. The first-order chi connectivity index (χ1) is 19.6. The molecule has 2 amide bonds. The Labute approximate surface area is 244 Å². The number of benzene rings is 3. The van der Waals surface area contributed by atoms with E-state index in [2.05, 4.69) is 5.32 Å². The van der Waals surface area contributed by atoms with Gasteiger partial charge in [0.1, 0.15) is 12.6 Å². The van der Waals surface area contributed by atoms with E-state index in [9.17, 15) is 28.1 Å². The van der Waals surface area contributed by atoms with Gasteiger partial charge in [-0.25, -0.2) is 8.42 Å². The van der Waals surface area contributed by atoms with Crippen LogP contribution in [0.25, 0.3) is 0 Å². The number of halogens is 1. The number of nitro benzene ring substituents is 1. The van der Waals surface area contributed by atoms with E-state index in [0.29, 0.717) is 10.6 Å². The number of amides is 2. The molecule has 0 saturated heterocycles. The minimum atomic E-state index is -4.33. The van der Waals surface area contributed by atoms with Gasteiger partial charge >= 0.3 is 0 Å². The predicted octanol–water partition coefficient (Wildman–Crippen LogP) is 4.92. The van der Waals surface area contributed by atoms with Crippen molar-refractivity contribution in [3.63, 3.8) is 0 Å². The topological polar surface area (TPSA) is 130 Å². The normalized spacial score (nSPS) is 14.3. The van der Waals surface area contributed by atoms with E-state index in [0.717, 1.165) is 36.1 Å². The number of anilines is 1. The molecule has 1 atom stereocenters. The van der Waals surface area contributed by atoms with E-state index in [1.165, 1.54) is 35.2 Å². The van der Waals surface area contributed by atoms with Gasteiger partial charge in [-0.15, -0.1) is 0 Å². The van der Waals surface area contributed by atoms with Crippen LogP contribution in [0.3, 0.4) is 0 Å². The van der Waals surface area contributed by atoms with Crippen molar-refractivity contribution < 1.29 is 22.9 Å². The van der Waals surface area contributed by atoms with Crippen molar-refractivity contribution in [2.75, 3.05) is 10.8 Å². The third-order valence-electron chi connectivity index (χ3n) is 7.11. The maximum Gasteiger partial charge on any atom is 0.271 e. The Hall–Kier alpha value is -3.96. The Morgan fingerprint density at radius 3 is 2.34 bits per heavy atom. The molecule has 3 aromatic rings. The Morgan fingerprint density at radius 1 is 1.02 bits per heavy atom. The largest absolute Gasteiger partial charge is 0.352 e. The zero-order valence-electron chi connectivity index (χ0n) is 22.5. The summed E-state index contributed by atoms with van der Waals surface area (Å²) in [5, 5.41) is 14.9. The lowest BCUT2D eigenvalue weighted by Crippen LogP contribution is -2.52. The van der Waals surface area contributed by atoms with Crippen molar-refractivity contribution in [2.45, 2.75) is 56.1 Å². The highest BCUT2D eigenvalue weighted by Crippen LogP contribution is 2.28. The number of non-ortho nitro benzene ring substituents is 1. The third kappa shape index (κ3) is 7.22. The average molecular weight is 599 g/mol. The minimum absolute atomic E-state index is 0.0158. The molecule has 0 bridgehead atoms. The van der Waals surface area contributed by atoms with Gasteiger partial charge in [0.25, 0.3) is 15.7 Å². The zero-order chi connectivity index (χ0) is 29.6. The molecular formula is C29H31ClN4O6S. The van der Waals surface area contributed by atoms with Crippen LogP contribution in [0.1, 0.15) is 38.2 Å². The molecule has 1 unspecified atom stereocenters. The summed E-state index contributed by atoms with van der Waals surface area (Å²) in [6, 6.07) is 18.5. The van der Waals surface area contributed by atoms with Crippen LogP contribution in [0.2, 0.25) is 5.02 Å². The Morgan fingerprint density at radius 2 is 1.68 bits per heavy atom. The molecule has 1 fully saturated rings. The fraction of sp³-hybridized carbons (Fsp3) is 0.310. The monoisotopic (exact) mass is 598 g/mol. The van der Waals surface area contributed by atoms with Crippen molar-refractivity contribution in [3.8, 4) is 0 Å². The molecule has 41 heavy (non-hydrogen) atoms. The number of hydrogen-bond donors (Lipinski definition) is 1. The van der Waals surface area contributed by atoms with Gasteiger partial charge in [-0.2, -0.15) is 0 Å². The number of nitro groups is 1. The highest BCUT2D eigenvalue weighted by molar-refractivity contribution is 7.92. The highest BCUT2D eigenvalue weighted by Gasteiger charge is 2.34. The maximum atomic E-state index is 14.0. The molecule has 216 valence electrons. The molecule has 0 aliphatic heterocycles. The van der Waals surface area contributed by atoms with Crippen LogP contribution >= 0.6 is 11.6 Å². The highest BCUT2D eigenvalue weighted by atomic mass is 35.5. The van der Waals surface area contributed by atoms with Gasteiger partial charge in [-0.05, 0) is 49.6 Å². The molecule has 12 heteroatoms. The van der Waals surface area contributed by atoms with E-state index in [1.54, 1.807) is 49.4 Å². The third-order valence-corrected chi connectivity index (χ3v) is 9.26. The number of carbonyl (C=O) groups excluding carboxylic acids is 2. The molecule has 1 saturated carbocycles.